The van der Waals surface area contributed by atoms with Crippen molar-refractivity contribution in [3.8, 4) is 5.82 Å². The molecule has 7 aromatic carbocycles. The number of para-hydroxylation sites is 2. The van der Waals surface area contributed by atoms with E-state index >= 15 is 0 Å². The van der Waals surface area contributed by atoms with Crippen LogP contribution in [0.5, 0.6) is 0 Å². The van der Waals surface area contributed by atoms with Gasteiger partial charge in [-0.15, -0.1) is 11.3 Å². The van der Waals surface area contributed by atoms with Crippen LogP contribution in [0.1, 0.15) is 11.1 Å². The van der Waals surface area contributed by atoms with E-state index in [1.165, 1.54) is 118 Å². The van der Waals surface area contributed by atoms with Crippen molar-refractivity contribution in [1.82, 2.24) is 9.13 Å². The summed E-state index contributed by atoms with van der Waals surface area (Å²) in [6.07, 6.45) is 2.37. The van der Waals surface area contributed by atoms with Crippen molar-refractivity contribution in [2.45, 2.75) is 5.66 Å². The molecule has 61 heavy (non-hydrogen) atoms. The van der Waals surface area contributed by atoms with Crippen LogP contribution in [0, 0.1) is 0 Å². The Morgan fingerprint density at radius 1 is 0.475 bits per heavy atom. The maximum atomic E-state index is 2.88. The van der Waals surface area contributed by atoms with Gasteiger partial charge in [-0.1, -0.05) is 121 Å². The summed E-state index contributed by atoms with van der Waals surface area (Å²) >= 11 is 1.90. The number of benzene rings is 7. The number of fused-ring (bicyclic) bond motifs is 14. The zero-order chi connectivity index (χ0) is 39.3. The van der Waals surface area contributed by atoms with E-state index in [2.05, 4.69) is 212 Å². The molecule has 9 heterocycles. The molecule has 3 aliphatic heterocycles. The van der Waals surface area contributed by atoms with Crippen molar-refractivity contribution < 1.29 is 8.97 Å². The smallest absolute Gasteiger partial charge is 0.289 e. The molecule has 0 bridgehead atoms. The second-order valence-corrected chi connectivity index (χ2v) is 22.0. The monoisotopic (exact) mass is 808 g/mol. The highest BCUT2D eigenvalue weighted by atomic mass is 32.1. The maximum Gasteiger partial charge on any atom is 0.289 e. The Morgan fingerprint density at radius 3 is 2.00 bits per heavy atom. The Kier molecular flexibility index (Phi) is 5.42. The van der Waals surface area contributed by atoms with Crippen molar-refractivity contribution in [3.63, 3.8) is 0 Å². The summed E-state index contributed by atoms with van der Waals surface area (Å²) < 4.78 is 13.4. The third-order valence-electron chi connectivity index (χ3n) is 14.7. The summed E-state index contributed by atoms with van der Waals surface area (Å²) in [5, 5.41) is 14.8. The lowest BCUT2D eigenvalue weighted by atomic mass is 9.87. The van der Waals surface area contributed by atoms with Crippen molar-refractivity contribution in [2.24, 2.45) is 0 Å². The van der Waals surface area contributed by atoms with Gasteiger partial charge in [0.1, 0.15) is 16.6 Å². The topological polar surface area (TPSA) is 17.8 Å². The number of pyridine rings is 3. The van der Waals surface area contributed by atoms with Crippen LogP contribution < -0.4 is 29.8 Å². The molecule has 0 saturated carbocycles. The molecule has 1 unspecified atom stereocenters. The van der Waals surface area contributed by atoms with Gasteiger partial charge in [0, 0.05) is 59.8 Å². The molecular weight excluding hydrogens is 777 g/mol. The van der Waals surface area contributed by atoms with Gasteiger partial charge in [0.25, 0.3) is 11.5 Å². The molecule has 6 heteroatoms. The van der Waals surface area contributed by atoms with E-state index < -0.39 is 13.7 Å². The van der Waals surface area contributed by atoms with Crippen LogP contribution in [0.4, 0.5) is 0 Å². The summed E-state index contributed by atoms with van der Waals surface area (Å²) in [6.45, 7) is 0. The average Bonchev–Trinajstić information content (AvgIpc) is 4.06. The minimum absolute atomic E-state index is 0.733. The van der Waals surface area contributed by atoms with Gasteiger partial charge in [0.15, 0.2) is 13.6 Å². The van der Waals surface area contributed by atoms with Crippen molar-refractivity contribution in [3.05, 3.63) is 205 Å². The van der Waals surface area contributed by atoms with Crippen molar-refractivity contribution in [1.29, 1.82) is 0 Å². The molecule has 0 saturated heterocycles. The molecule has 6 aromatic heterocycles. The lowest BCUT2D eigenvalue weighted by Gasteiger charge is -2.48. The van der Waals surface area contributed by atoms with Crippen LogP contribution in [0.25, 0.3) is 86.0 Å². The Hall–Kier alpha value is -7.38. The van der Waals surface area contributed by atoms with Gasteiger partial charge < -0.3 is 0 Å². The normalized spacial score (nSPS) is 16.7. The predicted molar refractivity (Wildman–Crippen MR) is 253 cm³/mol. The molecule has 1 spiro atoms. The molecule has 0 aliphatic carbocycles. The highest BCUT2D eigenvalue weighted by Crippen LogP contribution is 2.54. The standard InChI is InChI=1S/C55H32N4SSi/c1-3-15-33(16-4-1)61(34-17-5-2-6-18-34)47-28-26-37-35-19-7-10-22-42(35)58-48-25-13-14-30-56(48)55(51(47)52(37)58)50-39-21-8-11-23-43(39)57-44-32-46-41(36-20-9-12-24-45(36)60-46)31-40(44)38-27-29-49(61)59(55)53(38)54(50)57/h1-32H/q+2. The van der Waals surface area contributed by atoms with Gasteiger partial charge in [-0.2, -0.15) is 8.97 Å². The highest BCUT2D eigenvalue weighted by molar-refractivity contribution is 7.26. The van der Waals surface area contributed by atoms with Gasteiger partial charge >= 0.3 is 0 Å². The molecule has 13 aromatic rings. The van der Waals surface area contributed by atoms with Crippen molar-refractivity contribution in [2.75, 3.05) is 0 Å². The first kappa shape index (κ1) is 31.5. The van der Waals surface area contributed by atoms with E-state index in [-0.39, 0.29) is 0 Å². The zero-order valence-electron chi connectivity index (χ0n) is 32.7. The fourth-order valence-electron chi connectivity index (χ4n) is 12.7. The molecule has 0 amide bonds. The Labute approximate surface area is 353 Å². The van der Waals surface area contributed by atoms with Crippen LogP contribution in [0.3, 0.4) is 0 Å². The van der Waals surface area contributed by atoms with Crippen LogP contribution in [0.15, 0.2) is 194 Å². The van der Waals surface area contributed by atoms with Gasteiger partial charge in [0.2, 0.25) is 16.6 Å². The zero-order valence-corrected chi connectivity index (χ0v) is 34.5. The summed E-state index contributed by atoms with van der Waals surface area (Å²) in [5.74, 6) is 1.18. The highest BCUT2D eigenvalue weighted by Gasteiger charge is 2.66. The molecule has 280 valence electrons. The van der Waals surface area contributed by atoms with Gasteiger partial charge in [-0.3, -0.25) is 4.57 Å². The Morgan fingerprint density at radius 2 is 1.16 bits per heavy atom. The average molecular weight is 809 g/mol. The first-order valence-electron chi connectivity index (χ1n) is 21.2. The number of hydrogen-bond acceptors (Lipinski definition) is 1. The summed E-state index contributed by atoms with van der Waals surface area (Å²) in [4.78, 5) is 0. The van der Waals surface area contributed by atoms with E-state index in [4.69, 9.17) is 0 Å². The van der Waals surface area contributed by atoms with Crippen LogP contribution in [-0.2, 0) is 5.66 Å². The first-order valence-corrected chi connectivity index (χ1v) is 24.0. The minimum atomic E-state index is -3.06. The van der Waals surface area contributed by atoms with Crippen LogP contribution in [0.2, 0.25) is 0 Å². The predicted octanol–water partition coefficient (Wildman–Crippen LogP) is 9.05. The van der Waals surface area contributed by atoms with E-state index in [0.29, 0.717) is 0 Å². The summed E-state index contributed by atoms with van der Waals surface area (Å²) in [7, 11) is -3.06. The SMILES string of the molecule is c1ccc([Si]2(c3ccccc3)c3ccc4c5ccccc5n5c4c3C3(c4c6ccccc6[n+]6c7cc8sc9ccccc9c8cc7c7ccc2n3c7c46)[n+]2ccccc2-5)cc1. The first-order chi connectivity index (χ1) is 30.3. The largest absolute Gasteiger partial charge is 0.291 e. The molecule has 0 fully saturated rings. The second kappa shape index (κ2) is 10.5. The molecule has 16 rings (SSSR count). The van der Waals surface area contributed by atoms with E-state index in [1.807, 2.05) is 11.3 Å². The lowest BCUT2D eigenvalue weighted by molar-refractivity contribution is -0.744. The lowest BCUT2D eigenvalue weighted by Crippen LogP contribution is -2.84. The maximum absolute atomic E-state index is 3.06. The number of nitrogens with zero attached hydrogens (tertiary/aromatic N) is 4. The van der Waals surface area contributed by atoms with Crippen LogP contribution in [-0.4, -0.2) is 17.2 Å². The number of thiophene rings is 1. The van der Waals surface area contributed by atoms with Crippen molar-refractivity contribution >= 4 is 120 Å². The van der Waals surface area contributed by atoms with Gasteiger partial charge in [-0.05, 0) is 64.1 Å². The van der Waals surface area contributed by atoms with E-state index in [1.54, 1.807) is 0 Å². The Balaban J connectivity index is 1.25. The number of hydrogen-bond donors (Lipinski definition) is 0. The Bertz CT molecular complexity index is 4140. The second-order valence-electron chi connectivity index (χ2n) is 17.2. The van der Waals surface area contributed by atoms with Crippen LogP contribution >= 0.6 is 11.3 Å². The molecule has 0 radical (unpaired) electrons. The third kappa shape index (κ3) is 3.28. The summed E-state index contributed by atoms with van der Waals surface area (Å²) in [5.41, 5.74) is 9.73. The van der Waals surface area contributed by atoms with Gasteiger partial charge in [-0.25, -0.2) is 4.57 Å². The fourth-order valence-corrected chi connectivity index (χ4v) is 19.0. The molecular formula is C55H32N4SSi+2. The molecule has 4 nitrogen and oxygen atoms in total. The third-order valence-corrected chi connectivity index (χ3v) is 20.6. The fraction of sp³-hybridized carbons (Fsp3) is 0.0182. The number of rotatable bonds is 2. The molecule has 0 N–H and O–H groups in total. The van der Waals surface area contributed by atoms with E-state index in [0.717, 1.165) is 0 Å². The molecule has 3 aliphatic rings. The number of aromatic nitrogens is 4. The van der Waals surface area contributed by atoms with E-state index in [9.17, 15) is 0 Å². The minimum Gasteiger partial charge on any atom is -0.291 e. The summed E-state index contributed by atoms with van der Waals surface area (Å²) in [6, 6.07) is 72.1. The van der Waals surface area contributed by atoms with Gasteiger partial charge in [0.05, 0.1) is 22.5 Å². The quantitative estimate of drug-likeness (QED) is 0.0944. The molecule has 1 atom stereocenters.